The molecule has 0 bridgehead atoms. The molecule has 6 nitrogen and oxygen atoms in total. The monoisotopic (exact) mass is 396 g/mol. The first kappa shape index (κ1) is 19.9. The lowest BCUT2D eigenvalue weighted by Gasteiger charge is -2.38. The average Bonchev–Trinajstić information content (AvgIpc) is 3.03. The molecular formula is C23H28N2O4. The van der Waals surface area contributed by atoms with E-state index >= 15 is 0 Å². The van der Waals surface area contributed by atoms with Crippen LogP contribution in [0.4, 0.5) is 0 Å². The Morgan fingerprint density at radius 1 is 1.14 bits per heavy atom. The molecule has 1 aliphatic heterocycles. The minimum atomic E-state index is -0.701. The summed E-state index contributed by atoms with van der Waals surface area (Å²) in [5.41, 5.74) is 2.63. The minimum absolute atomic E-state index is 0.00631. The third-order valence-corrected chi connectivity index (χ3v) is 5.86. The standard InChI is InChI=1S/C23H28N2O4/c1-28-15-21(26)24-19-13-20(29-18-9-3-2-4-10-18)23(27)22(19)25-12-11-16-7-5-6-8-17(16)14-25/h2-10,19-20,22-23,27H,11-15H2,1H3,(H,24,26)/t19-,20-,22+,23+/m1/s1. The van der Waals surface area contributed by atoms with Gasteiger partial charge in [0.2, 0.25) is 5.91 Å². The summed E-state index contributed by atoms with van der Waals surface area (Å²) in [4.78, 5) is 14.5. The number of aliphatic hydroxyl groups is 1. The number of aliphatic hydroxyl groups excluding tert-OH is 1. The van der Waals surface area contributed by atoms with Crippen molar-refractivity contribution >= 4 is 5.91 Å². The Labute approximate surface area is 171 Å². The Hall–Kier alpha value is -2.41. The van der Waals surface area contributed by atoms with Crippen molar-refractivity contribution in [2.45, 2.75) is 43.7 Å². The number of methoxy groups -OCH3 is 1. The number of rotatable bonds is 6. The summed E-state index contributed by atoms with van der Waals surface area (Å²) in [6.45, 7) is 1.60. The van der Waals surface area contributed by atoms with Crippen molar-refractivity contribution < 1.29 is 19.4 Å². The van der Waals surface area contributed by atoms with Gasteiger partial charge in [0.05, 0.1) is 12.1 Å². The minimum Gasteiger partial charge on any atom is -0.488 e. The van der Waals surface area contributed by atoms with Gasteiger partial charge in [-0.05, 0) is 29.7 Å². The van der Waals surface area contributed by atoms with Crippen LogP contribution in [0.25, 0.3) is 0 Å². The van der Waals surface area contributed by atoms with E-state index in [9.17, 15) is 9.90 Å². The Balaban J connectivity index is 1.53. The van der Waals surface area contributed by atoms with Gasteiger partial charge in [0, 0.05) is 26.6 Å². The maximum absolute atomic E-state index is 12.2. The molecule has 2 N–H and O–H groups in total. The number of amides is 1. The van der Waals surface area contributed by atoms with E-state index in [2.05, 4.69) is 28.4 Å². The number of benzene rings is 2. The summed E-state index contributed by atoms with van der Waals surface area (Å²) in [6, 6.07) is 17.5. The fourth-order valence-electron chi connectivity index (χ4n) is 4.55. The molecule has 4 atom stereocenters. The number of carbonyl (C=O) groups excluding carboxylic acids is 1. The van der Waals surface area contributed by atoms with Crippen LogP contribution in [0, 0.1) is 0 Å². The van der Waals surface area contributed by atoms with Gasteiger partial charge < -0.3 is 19.9 Å². The fourth-order valence-corrected chi connectivity index (χ4v) is 4.55. The highest BCUT2D eigenvalue weighted by molar-refractivity contribution is 5.77. The SMILES string of the molecule is COCC(=O)N[C@@H]1C[C@@H](Oc2ccccc2)[C@H](O)[C@H]1N1CCc2ccccc2C1. The van der Waals surface area contributed by atoms with Crippen molar-refractivity contribution in [3.8, 4) is 5.75 Å². The maximum atomic E-state index is 12.2. The zero-order valence-electron chi connectivity index (χ0n) is 16.7. The van der Waals surface area contributed by atoms with E-state index in [0.717, 1.165) is 25.3 Å². The van der Waals surface area contributed by atoms with Crippen LogP contribution in [0.3, 0.4) is 0 Å². The molecule has 1 aliphatic carbocycles. The molecule has 0 spiro atoms. The smallest absolute Gasteiger partial charge is 0.246 e. The second-order valence-corrected chi connectivity index (χ2v) is 7.78. The van der Waals surface area contributed by atoms with Crippen LogP contribution in [0.1, 0.15) is 17.5 Å². The van der Waals surface area contributed by atoms with E-state index in [-0.39, 0.29) is 30.7 Å². The molecule has 0 aromatic heterocycles. The topological polar surface area (TPSA) is 71.0 Å². The Kier molecular flexibility index (Phi) is 6.13. The quantitative estimate of drug-likeness (QED) is 0.779. The third-order valence-electron chi connectivity index (χ3n) is 5.86. The van der Waals surface area contributed by atoms with Crippen molar-refractivity contribution in [3.63, 3.8) is 0 Å². The molecule has 29 heavy (non-hydrogen) atoms. The van der Waals surface area contributed by atoms with Crippen LogP contribution in [-0.4, -0.2) is 60.5 Å². The second kappa shape index (κ2) is 8.95. The van der Waals surface area contributed by atoms with Gasteiger partial charge in [-0.25, -0.2) is 0 Å². The zero-order chi connectivity index (χ0) is 20.2. The first-order valence-electron chi connectivity index (χ1n) is 10.1. The van der Waals surface area contributed by atoms with Crippen LogP contribution in [0.2, 0.25) is 0 Å². The third kappa shape index (κ3) is 4.45. The highest BCUT2D eigenvalue weighted by Gasteiger charge is 2.47. The predicted molar refractivity (Wildman–Crippen MR) is 110 cm³/mol. The van der Waals surface area contributed by atoms with E-state index < -0.39 is 6.10 Å². The van der Waals surface area contributed by atoms with Crippen LogP contribution in [0.5, 0.6) is 5.75 Å². The summed E-state index contributed by atoms with van der Waals surface area (Å²) >= 11 is 0. The number of para-hydroxylation sites is 1. The Morgan fingerprint density at radius 2 is 1.86 bits per heavy atom. The first-order valence-corrected chi connectivity index (χ1v) is 10.1. The molecule has 0 radical (unpaired) electrons. The summed E-state index contributed by atoms with van der Waals surface area (Å²) in [5.74, 6) is 0.552. The van der Waals surface area contributed by atoms with Gasteiger partial charge >= 0.3 is 0 Å². The predicted octanol–water partition coefficient (Wildman–Crippen LogP) is 1.76. The lowest BCUT2D eigenvalue weighted by atomic mass is 9.97. The molecule has 2 aromatic rings. The molecule has 4 rings (SSSR count). The largest absolute Gasteiger partial charge is 0.488 e. The number of fused-ring (bicyclic) bond motifs is 1. The number of ether oxygens (including phenoxy) is 2. The number of hydrogen-bond acceptors (Lipinski definition) is 5. The van der Waals surface area contributed by atoms with E-state index in [1.807, 2.05) is 36.4 Å². The highest BCUT2D eigenvalue weighted by atomic mass is 16.5. The second-order valence-electron chi connectivity index (χ2n) is 7.78. The van der Waals surface area contributed by atoms with Gasteiger partial charge in [0.1, 0.15) is 24.6 Å². The van der Waals surface area contributed by atoms with Gasteiger partial charge in [0.15, 0.2) is 0 Å². The molecule has 1 amide bonds. The summed E-state index contributed by atoms with van der Waals surface area (Å²) < 4.78 is 11.1. The fraction of sp³-hybridized carbons (Fsp3) is 0.435. The molecule has 2 aromatic carbocycles. The van der Waals surface area contributed by atoms with Crippen molar-refractivity contribution in [1.29, 1.82) is 0 Å². The van der Waals surface area contributed by atoms with E-state index in [0.29, 0.717) is 6.42 Å². The molecule has 1 saturated carbocycles. The first-order chi connectivity index (χ1) is 14.2. The van der Waals surface area contributed by atoms with Crippen LogP contribution in [0.15, 0.2) is 54.6 Å². The normalized spacial score (nSPS) is 26.7. The van der Waals surface area contributed by atoms with Gasteiger partial charge in [0.25, 0.3) is 0 Å². The summed E-state index contributed by atoms with van der Waals surface area (Å²) in [5, 5.41) is 14.2. The number of hydrogen-bond donors (Lipinski definition) is 2. The highest BCUT2D eigenvalue weighted by Crippen LogP contribution is 2.32. The van der Waals surface area contributed by atoms with Crippen molar-refractivity contribution in [1.82, 2.24) is 10.2 Å². The average molecular weight is 396 g/mol. The summed E-state index contributed by atoms with van der Waals surface area (Å²) in [6.07, 6.45) is 0.400. The number of carbonyl (C=O) groups is 1. The summed E-state index contributed by atoms with van der Waals surface area (Å²) in [7, 11) is 1.50. The van der Waals surface area contributed by atoms with Crippen molar-refractivity contribution in [3.05, 3.63) is 65.7 Å². The van der Waals surface area contributed by atoms with Gasteiger partial charge in [-0.2, -0.15) is 0 Å². The molecule has 0 unspecified atom stereocenters. The van der Waals surface area contributed by atoms with E-state index in [1.165, 1.54) is 18.2 Å². The number of nitrogens with zero attached hydrogens (tertiary/aromatic N) is 1. The molecule has 2 aliphatic rings. The molecule has 1 fully saturated rings. The van der Waals surface area contributed by atoms with Crippen molar-refractivity contribution in [2.75, 3.05) is 20.3 Å². The van der Waals surface area contributed by atoms with Crippen molar-refractivity contribution in [2.24, 2.45) is 0 Å². The lowest BCUT2D eigenvalue weighted by molar-refractivity contribution is -0.126. The Morgan fingerprint density at radius 3 is 2.62 bits per heavy atom. The van der Waals surface area contributed by atoms with Crippen LogP contribution >= 0.6 is 0 Å². The van der Waals surface area contributed by atoms with Gasteiger partial charge in [-0.15, -0.1) is 0 Å². The number of nitrogens with one attached hydrogen (secondary N) is 1. The molecule has 154 valence electrons. The lowest BCUT2D eigenvalue weighted by Crippen LogP contribution is -2.55. The molecule has 6 heteroatoms. The van der Waals surface area contributed by atoms with E-state index in [1.54, 1.807) is 0 Å². The van der Waals surface area contributed by atoms with Gasteiger partial charge in [-0.1, -0.05) is 42.5 Å². The Bertz CT molecular complexity index is 829. The molecule has 1 heterocycles. The van der Waals surface area contributed by atoms with Crippen LogP contribution < -0.4 is 10.1 Å². The molecular weight excluding hydrogens is 368 g/mol. The maximum Gasteiger partial charge on any atom is 0.246 e. The van der Waals surface area contributed by atoms with E-state index in [4.69, 9.17) is 9.47 Å². The van der Waals surface area contributed by atoms with Gasteiger partial charge in [-0.3, -0.25) is 9.69 Å². The zero-order valence-corrected chi connectivity index (χ0v) is 16.7. The van der Waals surface area contributed by atoms with Crippen LogP contribution in [-0.2, 0) is 22.5 Å². The molecule has 0 saturated heterocycles.